The zero-order valence-electron chi connectivity index (χ0n) is 35.1. The number of carbonyl (C=O) groups is 1. The molecule has 8 rings (SSSR count). The minimum absolute atomic E-state index is 0.00622. The van der Waals surface area contributed by atoms with E-state index in [9.17, 15) is 55.9 Å². The molecular weight excluding hydrogens is 808 g/mol. The lowest BCUT2D eigenvalue weighted by molar-refractivity contribution is -0.380. The molecule has 348 valence electrons. The van der Waals surface area contributed by atoms with Gasteiger partial charge in [0.2, 0.25) is 0 Å². The summed E-state index contributed by atoms with van der Waals surface area (Å²) in [5.74, 6) is -0.235. The van der Waals surface area contributed by atoms with Gasteiger partial charge in [0.25, 0.3) is 0 Å². The fourth-order valence-corrected chi connectivity index (χ4v) is 13.1. The van der Waals surface area contributed by atoms with E-state index in [-0.39, 0.29) is 48.2 Å². The smallest absolute Gasteiger partial charge is 0.331 e. The van der Waals surface area contributed by atoms with Gasteiger partial charge in [-0.25, -0.2) is 4.79 Å². The van der Waals surface area contributed by atoms with Crippen molar-refractivity contribution in [1.82, 2.24) is 0 Å². The van der Waals surface area contributed by atoms with Gasteiger partial charge in [0.15, 0.2) is 18.9 Å². The first-order valence-corrected chi connectivity index (χ1v) is 21.9. The second-order valence-corrected chi connectivity index (χ2v) is 19.5. The number of hydrogen-bond acceptors (Lipinski definition) is 19. The summed E-state index contributed by atoms with van der Waals surface area (Å²) < 4.78 is 46.6. The number of aliphatic hydroxyl groups excluding tert-OH is 9. The van der Waals surface area contributed by atoms with Crippen molar-refractivity contribution in [2.45, 2.75) is 182 Å². The first kappa shape index (κ1) is 46.1. The average Bonchev–Trinajstić information content (AvgIpc) is 3.74. The van der Waals surface area contributed by atoms with E-state index in [0.717, 1.165) is 44.1 Å². The van der Waals surface area contributed by atoms with Crippen molar-refractivity contribution < 1.29 is 93.8 Å². The first-order chi connectivity index (χ1) is 28.9. The van der Waals surface area contributed by atoms with Crippen LogP contribution in [-0.2, 0) is 42.7 Å². The normalized spacial score (nSPS) is 55.0. The van der Waals surface area contributed by atoms with Gasteiger partial charge in [0, 0.05) is 30.9 Å². The molecule has 0 amide bonds. The van der Waals surface area contributed by atoms with E-state index in [1.54, 1.807) is 6.92 Å². The van der Waals surface area contributed by atoms with E-state index < -0.39 is 128 Å². The molecule has 0 unspecified atom stereocenters. The molecule has 19 heteroatoms. The van der Waals surface area contributed by atoms with Crippen LogP contribution in [0.5, 0.6) is 0 Å². The zero-order valence-corrected chi connectivity index (χ0v) is 35.1. The number of hydrogen-bond donors (Lipinski definition) is 10. The van der Waals surface area contributed by atoms with Crippen molar-refractivity contribution in [1.29, 1.82) is 0 Å². The molecule has 19 nitrogen and oxygen atoms in total. The summed E-state index contributed by atoms with van der Waals surface area (Å²) in [4.78, 5) is 12.0. The van der Waals surface area contributed by atoms with Crippen LogP contribution in [0, 0.1) is 34.5 Å². The molecule has 0 aromatic heterocycles. The summed E-state index contributed by atoms with van der Waals surface area (Å²) in [5.41, 5.74) is -0.986. The van der Waals surface area contributed by atoms with Crippen LogP contribution >= 0.6 is 0 Å². The van der Waals surface area contributed by atoms with Crippen LogP contribution in [-0.4, -0.2) is 194 Å². The number of fused-ring (bicyclic) bond motifs is 5. The molecule has 3 saturated heterocycles. The van der Waals surface area contributed by atoms with E-state index in [1.165, 1.54) is 13.2 Å². The molecule has 24 atom stereocenters. The fourth-order valence-electron chi connectivity index (χ4n) is 13.1. The second-order valence-electron chi connectivity index (χ2n) is 19.5. The molecule has 0 radical (unpaired) electrons. The van der Waals surface area contributed by atoms with Crippen molar-refractivity contribution in [3.05, 3.63) is 11.6 Å². The quantitative estimate of drug-likeness (QED) is 0.0818. The Bertz CT molecular complexity index is 1600. The van der Waals surface area contributed by atoms with Crippen molar-refractivity contribution in [2.24, 2.45) is 34.5 Å². The Balaban J connectivity index is 0.884. The van der Waals surface area contributed by atoms with Gasteiger partial charge in [0.1, 0.15) is 73.8 Å². The molecule has 0 aromatic rings. The highest BCUT2D eigenvalue weighted by Crippen LogP contribution is 2.70. The monoisotopic (exact) mass is 874 g/mol. The Hall–Kier alpha value is -1.47. The minimum Gasteiger partial charge on any atom is -0.458 e. The average molecular weight is 875 g/mol. The van der Waals surface area contributed by atoms with Crippen LogP contribution in [0.3, 0.4) is 0 Å². The lowest BCUT2D eigenvalue weighted by Crippen LogP contribution is -2.66. The molecule has 4 aliphatic carbocycles. The van der Waals surface area contributed by atoms with Crippen LogP contribution in [0.1, 0.15) is 72.1 Å². The number of cyclic esters (lactones) is 1. The maximum absolute atomic E-state index is 12.6. The summed E-state index contributed by atoms with van der Waals surface area (Å²) in [6, 6.07) is 0. The van der Waals surface area contributed by atoms with Gasteiger partial charge in [-0.15, -0.1) is 0 Å². The summed E-state index contributed by atoms with van der Waals surface area (Å²) in [6.45, 7) is 4.76. The highest BCUT2D eigenvalue weighted by molar-refractivity contribution is 5.85. The van der Waals surface area contributed by atoms with Crippen LogP contribution in [0.2, 0.25) is 0 Å². The number of methoxy groups -OCH3 is 1. The van der Waals surface area contributed by atoms with Gasteiger partial charge in [0.05, 0.1) is 37.1 Å². The zero-order chi connectivity index (χ0) is 43.9. The van der Waals surface area contributed by atoms with Crippen LogP contribution in [0.15, 0.2) is 11.6 Å². The highest BCUT2D eigenvalue weighted by atomic mass is 16.8. The molecule has 10 N–H and O–H groups in total. The molecule has 0 bridgehead atoms. The van der Waals surface area contributed by atoms with Gasteiger partial charge in [-0.05, 0) is 80.6 Å². The molecule has 0 aromatic carbocycles. The maximum atomic E-state index is 12.6. The number of aliphatic hydroxyl groups is 10. The molecule has 4 heterocycles. The third-order valence-corrected chi connectivity index (χ3v) is 16.5. The summed E-state index contributed by atoms with van der Waals surface area (Å²) in [7, 11) is 1.38. The third-order valence-electron chi connectivity index (χ3n) is 16.5. The molecule has 4 saturated carbocycles. The van der Waals surface area contributed by atoms with E-state index in [4.69, 9.17) is 37.9 Å². The summed E-state index contributed by atoms with van der Waals surface area (Å²) >= 11 is 0. The lowest BCUT2D eigenvalue weighted by Gasteiger charge is -2.63. The summed E-state index contributed by atoms with van der Waals surface area (Å²) in [6.07, 6.45) is -15.4. The van der Waals surface area contributed by atoms with Crippen molar-refractivity contribution >= 4 is 5.97 Å². The van der Waals surface area contributed by atoms with Gasteiger partial charge < -0.3 is 89.0 Å². The van der Waals surface area contributed by atoms with E-state index in [1.807, 2.05) is 0 Å². The Kier molecular flexibility index (Phi) is 13.1. The minimum atomic E-state index is -1.81. The van der Waals surface area contributed by atoms with Crippen LogP contribution in [0.25, 0.3) is 0 Å². The lowest BCUT2D eigenvalue weighted by atomic mass is 9.43. The first-order valence-electron chi connectivity index (χ1n) is 21.9. The predicted octanol–water partition coefficient (Wildman–Crippen LogP) is -2.27. The summed E-state index contributed by atoms with van der Waals surface area (Å²) in [5, 5.41) is 108. The molecule has 7 fully saturated rings. The Morgan fingerprint density at radius 2 is 1.38 bits per heavy atom. The maximum Gasteiger partial charge on any atom is 0.331 e. The Morgan fingerprint density at radius 1 is 0.721 bits per heavy atom. The van der Waals surface area contributed by atoms with E-state index >= 15 is 0 Å². The third kappa shape index (κ3) is 7.63. The Morgan fingerprint density at radius 3 is 2.03 bits per heavy atom. The van der Waals surface area contributed by atoms with Gasteiger partial charge in [-0.1, -0.05) is 13.8 Å². The number of ether oxygens (including phenoxy) is 8. The molecule has 4 aliphatic heterocycles. The molecule has 8 aliphatic rings. The van der Waals surface area contributed by atoms with Crippen LogP contribution in [0.4, 0.5) is 0 Å². The number of carbonyl (C=O) groups excluding carboxylic acids is 1. The van der Waals surface area contributed by atoms with Gasteiger partial charge in [-0.3, -0.25) is 0 Å². The molecule has 0 spiro atoms. The Labute approximate surface area is 354 Å². The molecular formula is C42H66O19. The van der Waals surface area contributed by atoms with E-state index in [2.05, 4.69) is 13.8 Å². The highest BCUT2D eigenvalue weighted by Gasteiger charge is 2.70. The standard InChI is InChI=1S/C42H66O19/c1-17-34(60-38-32(51)30(49)35(25(15-44)59-38)61-37-31(50)29(48)28(47)24(14-43)58-37)36(54-4)33(52)39(56-17)57-20-7-9-40(2)19(12-20)5-6-22-21(40)8-10-41(3)27(18-11-26(46)55-16-18)23(45)13-42(22,41)53/h11,17,19-25,27-39,43-45,47-53H,5-10,12-16H2,1-4H3/t17-,19-,20+,21+,22-,23+,24-,25-,27+,28-,29+,30-,31-,32-,33-,34+,35-,36-,37+,38+,39+,40+,41-,42+/m1/s1. The van der Waals surface area contributed by atoms with E-state index in [0.29, 0.717) is 6.42 Å². The van der Waals surface area contributed by atoms with Crippen LogP contribution < -0.4 is 0 Å². The topological polar surface area (TPSA) is 293 Å². The SMILES string of the molecule is CO[C@@H]1[C@@H](O)[C@H](O[C@H]2CC[C@@]3(C)[C@H](CC[C@@H]4[C@@H]3CC[C@]3(C)[C@@H](C5=CC(=O)OC5)[C@@H](O)C[C@]43O)C2)O[C@H](C)[C@@H]1O[C@@H]1O[C@H](CO)[C@@H](O[C@@H]2O[C@H](CO)[C@@H](O)[C@H](O)[C@H]2O)[C@H](O)[C@H]1O. The number of esters is 1. The largest absolute Gasteiger partial charge is 0.458 e. The van der Waals surface area contributed by atoms with Crippen molar-refractivity contribution in [3.8, 4) is 0 Å². The predicted molar refractivity (Wildman–Crippen MR) is 204 cm³/mol. The van der Waals surface area contributed by atoms with Crippen molar-refractivity contribution in [2.75, 3.05) is 26.9 Å². The van der Waals surface area contributed by atoms with Gasteiger partial charge >= 0.3 is 5.97 Å². The molecule has 61 heavy (non-hydrogen) atoms. The fraction of sp³-hybridized carbons (Fsp3) is 0.929. The van der Waals surface area contributed by atoms with Gasteiger partial charge in [-0.2, -0.15) is 0 Å². The second kappa shape index (κ2) is 17.4. The number of rotatable bonds is 10. The van der Waals surface area contributed by atoms with Crippen molar-refractivity contribution in [3.63, 3.8) is 0 Å².